The van der Waals surface area contributed by atoms with Crippen molar-refractivity contribution in [3.8, 4) is 11.4 Å². The van der Waals surface area contributed by atoms with Gasteiger partial charge in [0.2, 0.25) is 0 Å². The molecule has 0 aromatic carbocycles. The Kier molecular flexibility index (Phi) is 4.43. The Hall–Kier alpha value is -2.60. The van der Waals surface area contributed by atoms with Crippen LogP contribution in [0.2, 0.25) is 0 Å². The molecule has 2 N–H and O–H groups in total. The molecular weight excluding hydrogens is 348 g/mol. The first-order valence-electron chi connectivity index (χ1n) is 10.2. The molecular formula is C22H26N6. The third kappa shape index (κ3) is 3.33. The van der Waals surface area contributed by atoms with Crippen molar-refractivity contribution >= 4 is 16.7 Å². The van der Waals surface area contributed by atoms with E-state index in [9.17, 15) is 0 Å². The fourth-order valence-corrected chi connectivity index (χ4v) is 4.14. The van der Waals surface area contributed by atoms with E-state index in [1.54, 1.807) is 0 Å². The highest BCUT2D eigenvalue weighted by atomic mass is 15.1. The lowest BCUT2D eigenvalue weighted by Gasteiger charge is -2.31. The molecule has 2 aliphatic rings. The fourth-order valence-electron chi connectivity index (χ4n) is 4.14. The number of anilines is 1. The number of nitrogens with one attached hydrogen (secondary N) is 2. The van der Waals surface area contributed by atoms with Crippen LogP contribution in [-0.4, -0.2) is 39.1 Å². The van der Waals surface area contributed by atoms with Gasteiger partial charge in [0.15, 0.2) is 5.82 Å². The van der Waals surface area contributed by atoms with Crippen molar-refractivity contribution in [3.05, 3.63) is 42.0 Å². The summed E-state index contributed by atoms with van der Waals surface area (Å²) in [5, 5.41) is 8.42. The molecule has 3 aromatic rings. The molecule has 1 aliphatic carbocycles. The van der Waals surface area contributed by atoms with Crippen LogP contribution in [0.4, 0.5) is 5.82 Å². The molecule has 2 atom stereocenters. The molecule has 5 rings (SSSR count). The van der Waals surface area contributed by atoms with Crippen LogP contribution in [0.5, 0.6) is 0 Å². The molecule has 0 bridgehead atoms. The van der Waals surface area contributed by atoms with Gasteiger partial charge < -0.3 is 10.6 Å². The minimum atomic E-state index is 0.409. The lowest BCUT2D eigenvalue weighted by molar-refractivity contribution is 0.368. The molecule has 2 fully saturated rings. The number of hydrogen-bond donors (Lipinski definition) is 2. The second-order valence-corrected chi connectivity index (χ2v) is 8.20. The van der Waals surface area contributed by atoms with Crippen LogP contribution >= 0.6 is 0 Å². The quantitative estimate of drug-likeness (QED) is 0.725. The van der Waals surface area contributed by atoms with Crippen LogP contribution in [0.3, 0.4) is 0 Å². The number of hydrogen-bond acceptors (Lipinski definition) is 6. The van der Waals surface area contributed by atoms with Crippen LogP contribution < -0.4 is 10.6 Å². The zero-order valence-electron chi connectivity index (χ0n) is 16.4. The molecule has 1 saturated heterocycles. The van der Waals surface area contributed by atoms with Crippen LogP contribution in [0, 0.1) is 12.8 Å². The number of nitrogens with zero attached hydrogens (tertiary/aromatic N) is 4. The molecule has 6 nitrogen and oxygen atoms in total. The van der Waals surface area contributed by atoms with Crippen molar-refractivity contribution in [1.29, 1.82) is 0 Å². The van der Waals surface area contributed by atoms with Gasteiger partial charge in [-0.3, -0.25) is 9.97 Å². The fraction of sp³-hybridized carbons (Fsp3) is 0.455. The van der Waals surface area contributed by atoms with Gasteiger partial charge in [0.1, 0.15) is 5.82 Å². The molecule has 3 aromatic heterocycles. The Bertz CT molecular complexity index is 1010. The highest BCUT2D eigenvalue weighted by molar-refractivity contribution is 5.93. The molecule has 4 heterocycles. The predicted octanol–water partition coefficient (Wildman–Crippen LogP) is 3.68. The molecule has 6 heteroatoms. The molecule has 1 aliphatic heterocycles. The molecule has 28 heavy (non-hydrogen) atoms. The molecule has 0 radical (unpaired) electrons. The highest BCUT2D eigenvalue weighted by Gasteiger charge is 2.29. The summed E-state index contributed by atoms with van der Waals surface area (Å²) in [5.74, 6) is 2.84. The summed E-state index contributed by atoms with van der Waals surface area (Å²) >= 11 is 0. The standard InChI is InChI=1S/C22H26N6/c1-13-10-23-7-6-18(13)26-22-20-17(15-3-4-15)11-24-12-19(20)27-21(28-22)16-5-8-25-14(2)9-16/h5,8-9,11-13,15,18,23H,3-4,6-7,10H2,1-2H3,(H,26,27,28). The first-order valence-corrected chi connectivity index (χ1v) is 10.2. The van der Waals surface area contributed by atoms with Gasteiger partial charge in [-0.05, 0) is 68.8 Å². The summed E-state index contributed by atoms with van der Waals surface area (Å²) in [4.78, 5) is 18.7. The summed E-state index contributed by atoms with van der Waals surface area (Å²) in [5.41, 5.74) is 4.17. The highest BCUT2D eigenvalue weighted by Crippen LogP contribution is 2.44. The maximum atomic E-state index is 5.01. The van der Waals surface area contributed by atoms with Gasteiger partial charge in [0.05, 0.1) is 11.7 Å². The summed E-state index contributed by atoms with van der Waals surface area (Å²) in [6.07, 6.45) is 9.26. The zero-order chi connectivity index (χ0) is 19.1. The van der Waals surface area contributed by atoms with Crippen LogP contribution in [0.25, 0.3) is 22.3 Å². The van der Waals surface area contributed by atoms with Crippen molar-refractivity contribution in [3.63, 3.8) is 0 Å². The Labute approximate surface area is 165 Å². The SMILES string of the molecule is Cc1cc(-c2nc(NC3CCNCC3C)c3c(C4CC4)cncc3n2)ccn1. The van der Waals surface area contributed by atoms with Gasteiger partial charge in [-0.1, -0.05) is 6.92 Å². The number of piperidine rings is 1. The van der Waals surface area contributed by atoms with E-state index in [1.165, 1.54) is 18.4 Å². The third-order valence-electron chi connectivity index (χ3n) is 5.92. The number of pyridine rings is 2. The van der Waals surface area contributed by atoms with Gasteiger partial charge in [-0.15, -0.1) is 0 Å². The van der Waals surface area contributed by atoms with Crippen molar-refractivity contribution < 1.29 is 0 Å². The average molecular weight is 374 g/mol. The number of rotatable bonds is 4. The number of fused-ring (bicyclic) bond motifs is 1. The normalized spacial score (nSPS) is 22.4. The Balaban J connectivity index is 1.65. The summed E-state index contributed by atoms with van der Waals surface area (Å²) in [7, 11) is 0. The van der Waals surface area contributed by atoms with Gasteiger partial charge in [-0.25, -0.2) is 9.97 Å². The number of aromatic nitrogens is 4. The lowest BCUT2D eigenvalue weighted by atomic mass is 9.95. The first-order chi connectivity index (χ1) is 13.7. The average Bonchev–Trinajstić information content (AvgIpc) is 3.54. The van der Waals surface area contributed by atoms with E-state index in [-0.39, 0.29) is 0 Å². The number of aryl methyl sites for hydroxylation is 1. The van der Waals surface area contributed by atoms with E-state index in [0.29, 0.717) is 17.9 Å². The van der Waals surface area contributed by atoms with E-state index >= 15 is 0 Å². The minimum Gasteiger partial charge on any atom is -0.366 e. The molecule has 2 unspecified atom stereocenters. The maximum absolute atomic E-state index is 5.01. The largest absolute Gasteiger partial charge is 0.366 e. The van der Waals surface area contributed by atoms with Crippen LogP contribution in [0.15, 0.2) is 30.7 Å². The van der Waals surface area contributed by atoms with Crippen molar-refractivity contribution in [1.82, 2.24) is 25.3 Å². The van der Waals surface area contributed by atoms with Crippen molar-refractivity contribution in [2.24, 2.45) is 5.92 Å². The Morgan fingerprint density at radius 3 is 2.82 bits per heavy atom. The maximum Gasteiger partial charge on any atom is 0.162 e. The van der Waals surface area contributed by atoms with Gasteiger partial charge in [0.25, 0.3) is 0 Å². The summed E-state index contributed by atoms with van der Waals surface area (Å²) in [6, 6.07) is 4.42. The van der Waals surface area contributed by atoms with Crippen molar-refractivity contribution in [2.75, 3.05) is 18.4 Å². The molecule has 0 amide bonds. The first kappa shape index (κ1) is 17.5. The zero-order valence-corrected chi connectivity index (χ0v) is 16.4. The van der Waals surface area contributed by atoms with Gasteiger partial charge in [-0.2, -0.15) is 0 Å². The van der Waals surface area contributed by atoms with E-state index in [0.717, 1.165) is 53.3 Å². The van der Waals surface area contributed by atoms with Gasteiger partial charge >= 0.3 is 0 Å². The minimum absolute atomic E-state index is 0.409. The van der Waals surface area contributed by atoms with Gasteiger partial charge in [0, 0.05) is 35.1 Å². The second kappa shape index (κ2) is 7.09. The molecule has 1 saturated carbocycles. The van der Waals surface area contributed by atoms with Crippen molar-refractivity contribution in [2.45, 2.75) is 45.1 Å². The Morgan fingerprint density at radius 1 is 1.14 bits per heavy atom. The lowest BCUT2D eigenvalue weighted by Crippen LogP contribution is -2.42. The predicted molar refractivity (Wildman–Crippen MR) is 111 cm³/mol. The van der Waals surface area contributed by atoms with E-state index in [2.05, 4.69) is 27.5 Å². The van der Waals surface area contributed by atoms with E-state index in [4.69, 9.17) is 9.97 Å². The third-order valence-corrected chi connectivity index (χ3v) is 5.92. The Morgan fingerprint density at radius 2 is 2.04 bits per heavy atom. The van der Waals surface area contributed by atoms with Crippen LogP contribution in [-0.2, 0) is 0 Å². The molecule has 0 spiro atoms. The van der Waals surface area contributed by atoms with Crippen LogP contribution in [0.1, 0.15) is 43.4 Å². The smallest absolute Gasteiger partial charge is 0.162 e. The summed E-state index contributed by atoms with van der Waals surface area (Å²) in [6.45, 7) is 6.36. The second-order valence-electron chi connectivity index (χ2n) is 8.20. The molecule has 144 valence electrons. The summed E-state index contributed by atoms with van der Waals surface area (Å²) < 4.78 is 0. The topological polar surface area (TPSA) is 75.6 Å². The van der Waals surface area contributed by atoms with E-state index < -0.39 is 0 Å². The monoisotopic (exact) mass is 374 g/mol. The van der Waals surface area contributed by atoms with E-state index in [1.807, 2.05) is 37.6 Å².